The van der Waals surface area contributed by atoms with Crippen molar-refractivity contribution < 1.29 is 14.0 Å². The van der Waals surface area contributed by atoms with Crippen molar-refractivity contribution in [2.75, 3.05) is 6.54 Å². The van der Waals surface area contributed by atoms with Gasteiger partial charge in [0, 0.05) is 18.7 Å². The van der Waals surface area contributed by atoms with Crippen molar-refractivity contribution in [2.24, 2.45) is 5.92 Å². The van der Waals surface area contributed by atoms with Crippen LogP contribution >= 0.6 is 11.3 Å². The van der Waals surface area contributed by atoms with E-state index in [-0.39, 0.29) is 30.3 Å². The van der Waals surface area contributed by atoms with E-state index in [1.54, 1.807) is 12.5 Å². The molecule has 6 rings (SSSR count). The monoisotopic (exact) mass is 381 g/mol. The first-order valence-corrected chi connectivity index (χ1v) is 9.95. The van der Waals surface area contributed by atoms with Crippen LogP contribution in [0, 0.1) is 12.8 Å². The number of fused-ring (bicyclic) bond motifs is 2. The Balaban J connectivity index is 1.28. The number of aromatic nitrogens is 1. The van der Waals surface area contributed by atoms with Crippen molar-refractivity contribution >= 4 is 33.2 Å². The fraction of sp³-hybridized carbons (Fsp3) is 0.350. The molecule has 2 bridgehead atoms. The zero-order chi connectivity index (χ0) is 18.5. The maximum atomic E-state index is 12.8. The Hall–Kier alpha value is -2.67. The maximum Gasteiger partial charge on any atom is 0.271 e. The molecule has 6 nitrogen and oxygen atoms in total. The average molecular weight is 381 g/mol. The number of carbonyl (C=O) groups excluding carboxylic acids is 2. The van der Waals surface area contributed by atoms with E-state index >= 15 is 0 Å². The van der Waals surface area contributed by atoms with Crippen molar-refractivity contribution in [1.29, 1.82) is 0 Å². The molecular formula is C20H19N3O3S. The van der Waals surface area contributed by atoms with Gasteiger partial charge in [-0.2, -0.15) is 0 Å². The largest absolute Gasteiger partial charge is 0.469 e. The van der Waals surface area contributed by atoms with Gasteiger partial charge < -0.3 is 14.6 Å². The number of carbonyl (C=O) groups is 2. The smallest absolute Gasteiger partial charge is 0.271 e. The molecule has 138 valence electrons. The summed E-state index contributed by atoms with van der Waals surface area (Å²) in [6.07, 6.45) is 4.51. The van der Waals surface area contributed by atoms with Crippen molar-refractivity contribution in [3.05, 3.63) is 53.1 Å². The van der Waals surface area contributed by atoms with E-state index in [4.69, 9.17) is 4.42 Å². The van der Waals surface area contributed by atoms with Gasteiger partial charge in [-0.25, -0.2) is 4.98 Å². The highest BCUT2D eigenvalue weighted by Gasteiger charge is 2.54. The molecule has 3 unspecified atom stereocenters. The van der Waals surface area contributed by atoms with Gasteiger partial charge in [-0.15, -0.1) is 11.3 Å². The zero-order valence-corrected chi connectivity index (χ0v) is 15.7. The minimum atomic E-state index is -0.154. The molecule has 1 aliphatic carbocycles. The SMILES string of the molecule is Cc1ccoc1CC(=O)N1CC2CC1C2NC(=O)c1nccc2ccsc12. The summed E-state index contributed by atoms with van der Waals surface area (Å²) in [5.41, 5.74) is 1.47. The molecule has 7 heteroatoms. The van der Waals surface area contributed by atoms with E-state index in [1.165, 1.54) is 11.3 Å². The lowest BCUT2D eigenvalue weighted by Crippen LogP contribution is -2.55. The Morgan fingerprint density at radius 3 is 3.07 bits per heavy atom. The van der Waals surface area contributed by atoms with Gasteiger partial charge in [0.15, 0.2) is 0 Å². The van der Waals surface area contributed by atoms with E-state index in [2.05, 4.69) is 10.3 Å². The molecule has 1 saturated carbocycles. The second-order valence-electron chi connectivity index (χ2n) is 7.31. The van der Waals surface area contributed by atoms with Crippen LogP contribution in [0.25, 0.3) is 10.1 Å². The number of hydrogen-bond acceptors (Lipinski definition) is 5. The van der Waals surface area contributed by atoms with Crippen molar-refractivity contribution in [3.8, 4) is 0 Å². The molecule has 2 amide bonds. The third-order valence-electron chi connectivity index (χ3n) is 5.78. The minimum absolute atomic E-state index is 0.0103. The van der Waals surface area contributed by atoms with E-state index in [0.29, 0.717) is 18.2 Å². The van der Waals surface area contributed by atoms with Crippen LogP contribution in [-0.4, -0.2) is 40.3 Å². The fourth-order valence-corrected chi connectivity index (χ4v) is 5.10. The van der Waals surface area contributed by atoms with Gasteiger partial charge in [-0.05, 0) is 47.9 Å². The Kier molecular flexibility index (Phi) is 3.79. The number of pyridine rings is 1. The number of nitrogens with zero attached hydrogens (tertiary/aromatic N) is 2. The molecule has 3 fully saturated rings. The summed E-state index contributed by atoms with van der Waals surface area (Å²) in [7, 11) is 0. The second-order valence-corrected chi connectivity index (χ2v) is 8.23. The van der Waals surface area contributed by atoms with Crippen LogP contribution in [0.1, 0.15) is 28.2 Å². The molecule has 0 aromatic carbocycles. The number of thiophene rings is 1. The van der Waals surface area contributed by atoms with Crippen LogP contribution in [0.15, 0.2) is 40.5 Å². The summed E-state index contributed by atoms with van der Waals surface area (Å²) in [6.45, 7) is 2.64. The molecule has 27 heavy (non-hydrogen) atoms. The summed E-state index contributed by atoms with van der Waals surface area (Å²) >= 11 is 1.52. The first-order chi connectivity index (χ1) is 13.1. The van der Waals surface area contributed by atoms with Crippen LogP contribution in [0.5, 0.6) is 0 Å². The van der Waals surface area contributed by atoms with Gasteiger partial charge in [0.25, 0.3) is 5.91 Å². The van der Waals surface area contributed by atoms with Crippen LogP contribution in [0.2, 0.25) is 0 Å². The molecule has 3 aromatic heterocycles. The van der Waals surface area contributed by atoms with Crippen LogP contribution in [0.3, 0.4) is 0 Å². The molecule has 3 aromatic rings. The summed E-state index contributed by atoms with van der Waals surface area (Å²) in [5, 5.41) is 6.12. The number of hydrogen-bond donors (Lipinski definition) is 1. The zero-order valence-electron chi connectivity index (χ0n) is 14.8. The lowest BCUT2D eigenvalue weighted by molar-refractivity contribution is -0.131. The number of furan rings is 1. The molecule has 3 aliphatic rings. The van der Waals surface area contributed by atoms with Crippen LogP contribution < -0.4 is 5.32 Å². The van der Waals surface area contributed by atoms with Crippen LogP contribution in [-0.2, 0) is 11.2 Å². The summed E-state index contributed by atoms with van der Waals surface area (Å²) in [5.74, 6) is 0.955. The predicted octanol–water partition coefficient (Wildman–Crippen LogP) is 2.77. The Labute approximate surface area is 160 Å². The Morgan fingerprint density at radius 1 is 1.37 bits per heavy atom. The molecular weight excluding hydrogens is 362 g/mol. The predicted molar refractivity (Wildman–Crippen MR) is 102 cm³/mol. The standard InChI is InChI=1S/C20H19N3O3S/c1-11-3-6-26-15(11)9-16(24)23-10-13-8-14(23)17(13)22-20(25)18-19-12(2-5-21-18)4-7-27-19/h2-7,13-14,17H,8-10H2,1H3,(H,22,25). The first kappa shape index (κ1) is 16.5. The molecule has 5 heterocycles. The minimum Gasteiger partial charge on any atom is -0.469 e. The number of rotatable bonds is 4. The van der Waals surface area contributed by atoms with Crippen LogP contribution in [0.4, 0.5) is 0 Å². The topological polar surface area (TPSA) is 75.4 Å². The van der Waals surface area contributed by atoms with Crippen molar-refractivity contribution in [3.63, 3.8) is 0 Å². The molecule has 2 aliphatic heterocycles. The summed E-state index contributed by atoms with van der Waals surface area (Å²) in [4.78, 5) is 31.6. The van der Waals surface area contributed by atoms with Gasteiger partial charge in [0.1, 0.15) is 11.5 Å². The van der Waals surface area contributed by atoms with Gasteiger partial charge >= 0.3 is 0 Å². The lowest BCUT2D eigenvalue weighted by Gasteiger charge is -2.36. The lowest BCUT2D eigenvalue weighted by atomic mass is 9.80. The third kappa shape index (κ3) is 2.65. The first-order valence-electron chi connectivity index (χ1n) is 9.07. The van der Waals surface area contributed by atoms with Gasteiger partial charge in [0.05, 0.1) is 29.5 Å². The third-order valence-corrected chi connectivity index (χ3v) is 6.72. The second kappa shape index (κ2) is 6.20. The number of aryl methyl sites for hydroxylation is 1. The summed E-state index contributed by atoms with van der Waals surface area (Å²) < 4.78 is 6.31. The van der Waals surface area contributed by atoms with E-state index < -0.39 is 0 Å². The Bertz CT molecular complexity index is 1040. The van der Waals surface area contributed by atoms with Gasteiger partial charge in [0.2, 0.25) is 5.91 Å². The molecule has 1 N–H and O–H groups in total. The number of nitrogens with one attached hydrogen (secondary N) is 1. The van der Waals surface area contributed by atoms with Crippen molar-refractivity contribution in [2.45, 2.75) is 31.8 Å². The Morgan fingerprint density at radius 2 is 2.26 bits per heavy atom. The average Bonchev–Trinajstić information content (AvgIpc) is 3.42. The highest BCUT2D eigenvalue weighted by atomic mass is 32.1. The molecule has 3 atom stereocenters. The highest BCUT2D eigenvalue weighted by molar-refractivity contribution is 7.17. The molecule has 0 radical (unpaired) electrons. The normalized spacial score (nSPS) is 23.4. The highest BCUT2D eigenvalue weighted by Crippen LogP contribution is 2.41. The summed E-state index contributed by atoms with van der Waals surface area (Å²) in [6, 6.07) is 5.85. The maximum absolute atomic E-state index is 12.8. The van der Waals surface area contributed by atoms with E-state index in [9.17, 15) is 9.59 Å². The van der Waals surface area contributed by atoms with Gasteiger partial charge in [-0.3, -0.25) is 9.59 Å². The number of amides is 2. The quantitative estimate of drug-likeness (QED) is 0.754. The fourth-order valence-electron chi connectivity index (χ4n) is 4.22. The van der Waals surface area contributed by atoms with Crippen molar-refractivity contribution in [1.82, 2.24) is 15.2 Å². The molecule has 0 spiro atoms. The van der Waals surface area contributed by atoms with E-state index in [1.807, 2.05) is 35.4 Å². The van der Waals surface area contributed by atoms with E-state index in [0.717, 1.165) is 27.8 Å². The molecule has 2 saturated heterocycles. The van der Waals surface area contributed by atoms with Gasteiger partial charge in [-0.1, -0.05) is 0 Å².